The van der Waals surface area contributed by atoms with E-state index in [1.54, 1.807) is 0 Å². The number of alkyl halides is 2. The number of likely N-dealkylation sites (tertiary alicyclic amines) is 1. The minimum atomic E-state index is -2.68. The number of piperidine rings is 1. The quantitative estimate of drug-likeness (QED) is 0.743. The maximum Gasteiger partial charge on any atom is 0.280 e. The SMILES string of the molecule is CN1CCC(n2ncc(-c3nc(N)ncc3Cl)c2C(F)F)CC1.OC1CCCCC1. The highest BCUT2D eigenvalue weighted by Crippen LogP contribution is 2.36. The van der Waals surface area contributed by atoms with E-state index in [1.807, 2.05) is 7.05 Å². The van der Waals surface area contributed by atoms with Crippen LogP contribution in [-0.4, -0.2) is 56.0 Å². The minimum absolute atomic E-state index is 0.0170. The largest absolute Gasteiger partial charge is 0.393 e. The summed E-state index contributed by atoms with van der Waals surface area (Å²) in [6.45, 7) is 1.70. The third-order valence-electron chi connectivity index (χ3n) is 5.67. The Bertz CT molecular complexity index is 820. The van der Waals surface area contributed by atoms with Crippen LogP contribution in [0.2, 0.25) is 5.02 Å². The number of nitrogens with two attached hydrogens (primary N) is 1. The molecule has 2 aromatic heterocycles. The average Bonchev–Trinajstić information content (AvgIpc) is 3.17. The number of halogens is 3. The Labute approximate surface area is 180 Å². The third kappa shape index (κ3) is 5.65. The lowest BCUT2D eigenvalue weighted by atomic mass is 9.98. The molecule has 4 rings (SSSR count). The Morgan fingerprint density at radius 2 is 1.80 bits per heavy atom. The number of aliphatic hydroxyl groups excluding tert-OH is 1. The Kier molecular flexibility index (Phi) is 7.96. The molecule has 0 atom stereocenters. The number of anilines is 1. The van der Waals surface area contributed by atoms with E-state index in [-0.39, 0.29) is 40.1 Å². The molecular formula is C20H29ClF2N6O. The van der Waals surface area contributed by atoms with Crippen LogP contribution >= 0.6 is 11.6 Å². The summed E-state index contributed by atoms with van der Waals surface area (Å²) in [5.41, 5.74) is 5.78. The van der Waals surface area contributed by atoms with Crippen molar-refractivity contribution >= 4 is 17.5 Å². The fraction of sp³-hybridized carbons (Fsp3) is 0.650. The number of hydrogen-bond donors (Lipinski definition) is 2. The molecule has 0 radical (unpaired) electrons. The number of nitrogen functional groups attached to an aromatic ring is 1. The van der Waals surface area contributed by atoms with Crippen LogP contribution in [0.25, 0.3) is 11.3 Å². The minimum Gasteiger partial charge on any atom is -0.393 e. The lowest BCUT2D eigenvalue weighted by molar-refractivity contribution is 0.128. The van der Waals surface area contributed by atoms with Crippen molar-refractivity contribution in [2.75, 3.05) is 25.9 Å². The Morgan fingerprint density at radius 3 is 2.37 bits per heavy atom. The van der Waals surface area contributed by atoms with Crippen molar-refractivity contribution in [2.24, 2.45) is 0 Å². The van der Waals surface area contributed by atoms with Crippen molar-refractivity contribution in [1.82, 2.24) is 24.6 Å². The first-order valence-corrected chi connectivity index (χ1v) is 10.7. The van der Waals surface area contributed by atoms with Gasteiger partial charge in [-0.15, -0.1) is 0 Å². The molecule has 0 amide bonds. The lowest BCUT2D eigenvalue weighted by Gasteiger charge is -2.30. The summed E-state index contributed by atoms with van der Waals surface area (Å²) >= 11 is 6.05. The highest BCUT2D eigenvalue weighted by Gasteiger charge is 2.29. The molecular weight excluding hydrogens is 414 g/mol. The summed E-state index contributed by atoms with van der Waals surface area (Å²) in [4.78, 5) is 9.93. The second-order valence-electron chi connectivity index (χ2n) is 7.94. The maximum atomic E-state index is 13.7. The molecule has 0 aromatic carbocycles. The van der Waals surface area contributed by atoms with E-state index in [1.165, 1.54) is 36.3 Å². The number of hydrogen-bond acceptors (Lipinski definition) is 6. The van der Waals surface area contributed by atoms with Gasteiger partial charge in [0.05, 0.1) is 35.3 Å². The van der Waals surface area contributed by atoms with Gasteiger partial charge in [0.1, 0.15) is 5.69 Å². The van der Waals surface area contributed by atoms with E-state index in [0.29, 0.717) is 0 Å². The Balaban J connectivity index is 0.000000310. The van der Waals surface area contributed by atoms with Crippen molar-refractivity contribution < 1.29 is 13.9 Å². The molecule has 1 aliphatic heterocycles. The van der Waals surface area contributed by atoms with Crippen LogP contribution in [0.3, 0.4) is 0 Å². The van der Waals surface area contributed by atoms with Crippen LogP contribution in [0.5, 0.6) is 0 Å². The van der Waals surface area contributed by atoms with E-state index in [2.05, 4.69) is 20.0 Å². The zero-order valence-corrected chi connectivity index (χ0v) is 17.9. The zero-order valence-electron chi connectivity index (χ0n) is 17.1. The first-order chi connectivity index (χ1) is 14.4. The standard InChI is InChI=1S/C14H17ClF2N6.C6H12O/c1-22-4-2-8(3-5-22)23-12(13(16)17)9(6-20-23)11-10(15)7-19-14(18)21-11;7-6-4-2-1-3-5-6/h6-8,13H,2-5H2,1H3,(H2,18,19,21);6-7H,1-5H2. The van der Waals surface area contributed by atoms with Gasteiger partial charge in [0.25, 0.3) is 6.43 Å². The van der Waals surface area contributed by atoms with Crippen LogP contribution in [-0.2, 0) is 0 Å². The Morgan fingerprint density at radius 1 is 1.13 bits per heavy atom. The molecule has 10 heteroatoms. The van der Waals surface area contributed by atoms with E-state index in [4.69, 9.17) is 22.4 Å². The van der Waals surface area contributed by atoms with E-state index >= 15 is 0 Å². The lowest BCUT2D eigenvalue weighted by Crippen LogP contribution is -2.32. The monoisotopic (exact) mass is 442 g/mol. The maximum absolute atomic E-state index is 13.7. The summed E-state index contributed by atoms with van der Waals surface area (Å²) in [6.07, 6.45) is 7.48. The fourth-order valence-electron chi connectivity index (χ4n) is 3.95. The number of nitrogens with zero attached hydrogens (tertiary/aromatic N) is 5. The van der Waals surface area contributed by atoms with E-state index in [0.717, 1.165) is 38.8 Å². The van der Waals surface area contributed by atoms with Crippen molar-refractivity contribution in [3.05, 3.63) is 23.1 Å². The molecule has 2 aliphatic rings. The first kappa shape index (κ1) is 22.8. The smallest absolute Gasteiger partial charge is 0.280 e. The van der Waals surface area contributed by atoms with Crippen LogP contribution in [0, 0.1) is 0 Å². The van der Waals surface area contributed by atoms with Crippen molar-refractivity contribution in [1.29, 1.82) is 0 Å². The molecule has 7 nitrogen and oxygen atoms in total. The molecule has 1 saturated carbocycles. The molecule has 0 bridgehead atoms. The predicted octanol–water partition coefficient (Wildman–Crippen LogP) is 4.09. The second kappa shape index (κ2) is 10.5. The van der Waals surface area contributed by atoms with Crippen LogP contribution in [0.4, 0.5) is 14.7 Å². The molecule has 1 saturated heterocycles. The summed E-state index contributed by atoms with van der Waals surface area (Å²) in [7, 11) is 2.02. The summed E-state index contributed by atoms with van der Waals surface area (Å²) in [5.74, 6) is -0.0170. The molecule has 2 aromatic rings. The van der Waals surface area contributed by atoms with Gasteiger partial charge in [0.2, 0.25) is 5.95 Å². The van der Waals surface area contributed by atoms with E-state index in [9.17, 15) is 8.78 Å². The summed E-state index contributed by atoms with van der Waals surface area (Å²) < 4.78 is 28.8. The van der Waals surface area contributed by atoms with Gasteiger partial charge in [-0.3, -0.25) is 4.68 Å². The number of aliphatic hydroxyl groups is 1. The van der Waals surface area contributed by atoms with Gasteiger partial charge in [0.15, 0.2) is 0 Å². The first-order valence-electron chi connectivity index (χ1n) is 10.4. The van der Waals surface area contributed by atoms with Crippen LogP contribution < -0.4 is 5.73 Å². The van der Waals surface area contributed by atoms with Crippen LogP contribution in [0.15, 0.2) is 12.4 Å². The molecule has 3 N–H and O–H groups in total. The summed E-state index contributed by atoms with van der Waals surface area (Å²) in [5, 5.41) is 13.3. The van der Waals surface area contributed by atoms with Gasteiger partial charge in [-0.25, -0.2) is 18.7 Å². The van der Waals surface area contributed by atoms with Crippen LogP contribution in [0.1, 0.15) is 63.1 Å². The van der Waals surface area contributed by atoms with Gasteiger partial charge in [-0.1, -0.05) is 30.9 Å². The third-order valence-corrected chi connectivity index (χ3v) is 5.94. The van der Waals surface area contributed by atoms with Crippen molar-refractivity contribution in [2.45, 2.75) is 63.5 Å². The van der Waals surface area contributed by atoms with Gasteiger partial charge in [-0.2, -0.15) is 5.10 Å². The molecule has 0 unspecified atom stereocenters. The topological polar surface area (TPSA) is 93.1 Å². The molecule has 30 heavy (non-hydrogen) atoms. The number of aromatic nitrogens is 4. The highest BCUT2D eigenvalue weighted by molar-refractivity contribution is 6.32. The van der Waals surface area contributed by atoms with Gasteiger partial charge >= 0.3 is 0 Å². The fourth-order valence-corrected chi connectivity index (χ4v) is 4.15. The predicted molar refractivity (Wildman–Crippen MR) is 112 cm³/mol. The van der Waals surface area contributed by atoms with Gasteiger partial charge in [0, 0.05) is 5.56 Å². The van der Waals surface area contributed by atoms with Gasteiger partial charge < -0.3 is 15.7 Å². The molecule has 2 fully saturated rings. The summed E-state index contributed by atoms with van der Waals surface area (Å²) in [6, 6.07) is -0.0538. The molecule has 3 heterocycles. The zero-order chi connectivity index (χ0) is 21.7. The average molecular weight is 443 g/mol. The van der Waals surface area contributed by atoms with Crippen molar-refractivity contribution in [3.63, 3.8) is 0 Å². The number of rotatable bonds is 3. The van der Waals surface area contributed by atoms with E-state index < -0.39 is 6.43 Å². The van der Waals surface area contributed by atoms with Crippen molar-refractivity contribution in [3.8, 4) is 11.3 Å². The molecule has 166 valence electrons. The highest BCUT2D eigenvalue weighted by atomic mass is 35.5. The molecule has 0 spiro atoms. The normalized spacial score (nSPS) is 19.0. The molecule has 1 aliphatic carbocycles. The van der Waals surface area contributed by atoms with Gasteiger partial charge in [-0.05, 0) is 45.8 Å². The Hall–Kier alpha value is -1.84. The second-order valence-corrected chi connectivity index (χ2v) is 8.35.